The van der Waals surface area contributed by atoms with E-state index < -0.39 is 0 Å². The first-order chi connectivity index (χ1) is 13.7. The van der Waals surface area contributed by atoms with Crippen LogP contribution in [-0.4, -0.2) is 26.7 Å². The standard InChI is InChI=1S/C22H22N4O2/c1-16(9-10-20-8-5-11-28-20)25-22(27)19-12-18-14-24-26(21(18)23-13-19)15-17-6-3-2-4-7-17/h2-8,11-14,16H,9-10,15H2,1H3,(H,25,27)/t16-/m0/s1. The van der Waals surface area contributed by atoms with Crippen LogP contribution in [0.5, 0.6) is 0 Å². The minimum Gasteiger partial charge on any atom is -0.469 e. The van der Waals surface area contributed by atoms with E-state index in [4.69, 9.17) is 4.42 Å². The third-order valence-corrected chi connectivity index (χ3v) is 4.69. The highest BCUT2D eigenvalue weighted by Gasteiger charge is 2.13. The molecule has 3 aromatic heterocycles. The number of aryl methyl sites for hydroxylation is 1. The number of hydrogen-bond donors (Lipinski definition) is 1. The minimum absolute atomic E-state index is 0.0362. The molecule has 6 nitrogen and oxygen atoms in total. The van der Waals surface area contributed by atoms with E-state index in [0.29, 0.717) is 12.1 Å². The Kier molecular flexibility index (Phi) is 5.19. The monoisotopic (exact) mass is 374 g/mol. The summed E-state index contributed by atoms with van der Waals surface area (Å²) in [5, 5.41) is 8.30. The smallest absolute Gasteiger partial charge is 0.253 e. The van der Waals surface area contributed by atoms with Crippen molar-refractivity contribution in [3.8, 4) is 0 Å². The molecule has 0 bridgehead atoms. The molecule has 0 spiro atoms. The summed E-state index contributed by atoms with van der Waals surface area (Å²) in [5.41, 5.74) is 2.46. The van der Waals surface area contributed by atoms with Crippen LogP contribution in [0.25, 0.3) is 11.0 Å². The number of benzene rings is 1. The first-order valence-corrected chi connectivity index (χ1v) is 9.38. The molecule has 0 radical (unpaired) electrons. The summed E-state index contributed by atoms with van der Waals surface area (Å²) in [7, 11) is 0. The fourth-order valence-electron chi connectivity index (χ4n) is 3.16. The van der Waals surface area contributed by atoms with Gasteiger partial charge in [-0.1, -0.05) is 30.3 Å². The number of furan rings is 1. The maximum absolute atomic E-state index is 12.6. The summed E-state index contributed by atoms with van der Waals surface area (Å²) in [6.07, 6.45) is 6.63. The van der Waals surface area contributed by atoms with Gasteiger partial charge >= 0.3 is 0 Å². The number of fused-ring (bicyclic) bond motifs is 1. The summed E-state index contributed by atoms with van der Waals surface area (Å²) >= 11 is 0. The van der Waals surface area contributed by atoms with Crippen molar-refractivity contribution in [2.24, 2.45) is 0 Å². The molecular weight excluding hydrogens is 352 g/mol. The third-order valence-electron chi connectivity index (χ3n) is 4.69. The lowest BCUT2D eigenvalue weighted by Crippen LogP contribution is -2.32. The molecule has 0 unspecified atom stereocenters. The van der Waals surface area contributed by atoms with Crippen molar-refractivity contribution in [2.75, 3.05) is 0 Å². The molecule has 1 N–H and O–H groups in total. The van der Waals surface area contributed by atoms with Crippen molar-refractivity contribution < 1.29 is 9.21 Å². The fourth-order valence-corrected chi connectivity index (χ4v) is 3.16. The number of aromatic nitrogens is 3. The van der Waals surface area contributed by atoms with Crippen molar-refractivity contribution >= 4 is 16.9 Å². The first kappa shape index (κ1) is 18.0. The topological polar surface area (TPSA) is 73.0 Å². The van der Waals surface area contributed by atoms with Gasteiger partial charge in [0.05, 0.1) is 24.6 Å². The van der Waals surface area contributed by atoms with Crippen molar-refractivity contribution in [1.29, 1.82) is 0 Å². The Balaban J connectivity index is 1.42. The highest BCUT2D eigenvalue weighted by Crippen LogP contribution is 2.15. The molecule has 1 amide bonds. The number of nitrogens with one attached hydrogen (secondary N) is 1. The quantitative estimate of drug-likeness (QED) is 0.534. The molecule has 0 aliphatic rings. The van der Waals surface area contributed by atoms with Crippen LogP contribution < -0.4 is 5.32 Å². The van der Waals surface area contributed by atoms with Gasteiger partial charge in [-0.05, 0) is 37.1 Å². The summed E-state index contributed by atoms with van der Waals surface area (Å²) < 4.78 is 7.18. The van der Waals surface area contributed by atoms with Gasteiger partial charge in [0.25, 0.3) is 5.91 Å². The van der Waals surface area contributed by atoms with Gasteiger partial charge in [0.1, 0.15) is 5.76 Å². The SMILES string of the molecule is C[C@@H](CCc1ccco1)NC(=O)c1cnc2c(cnn2Cc2ccccc2)c1. The van der Waals surface area contributed by atoms with E-state index in [2.05, 4.69) is 27.5 Å². The number of hydrogen-bond acceptors (Lipinski definition) is 4. The molecule has 4 aromatic rings. The van der Waals surface area contributed by atoms with Gasteiger partial charge in [0.2, 0.25) is 0 Å². The van der Waals surface area contributed by atoms with Crippen LogP contribution in [0.1, 0.15) is 35.0 Å². The molecule has 1 atom stereocenters. The Labute approximate surface area is 163 Å². The van der Waals surface area contributed by atoms with Gasteiger partial charge in [-0.15, -0.1) is 0 Å². The molecule has 0 aliphatic carbocycles. The van der Waals surface area contributed by atoms with E-state index in [0.717, 1.165) is 35.2 Å². The summed E-state index contributed by atoms with van der Waals surface area (Å²) in [6, 6.07) is 15.8. The van der Waals surface area contributed by atoms with Crippen LogP contribution in [0.15, 0.2) is 71.6 Å². The van der Waals surface area contributed by atoms with Gasteiger partial charge in [-0.25, -0.2) is 9.67 Å². The molecule has 1 aromatic carbocycles. The Morgan fingerprint density at radius 3 is 2.82 bits per heavy atom. The third kappa shape index (κ3) is 4.11. The van der Waals surface area contributed by atoms with E-state index in [1.54, 1.807) is 18.7 Å². The second-order valence-electron chi connectivity index (χ2n) is 6.92. The number of amides is 1. The average molecular weight is 374 g/mol. The Morgan fingerprint density at radius 2 is 2.04 bits per heavy atom. The minimum atomic E-state index is -0.128. The molecule has 3 heterocycles. The zero-order chi connectivity index (χ0) is 19.3. The van der Waals surface area contributed by atoms with Crippen molar-refractivity contribution in [3.05, 3.63) is 84.1 Å². The lowest BCUT2D eigenvalue weighted by molar-refractivity contribution is 0.0938. The van der Waals surface area contributed by atoms with Gasteiger partial charge in [0.15, 0.2) is 5.65 Å². The van der Waals surface area contributed by atoms with Gasteiger partial charge in [-0.3, -0.25) is 4.79 Å². The van der Waals surface area contributed by atoms with Crippen LogP contribution in [-0.2, 0) is 13.0 Å². The highest BCUT2D eigenvalue weighted by atomic mass is 16.3. The summed E-state index contributed by atoms with van der Waals surface area (Å²) in [6.45, 7) is 2.64. The number of rotatable bonds is 7. The molecular formula is C22H22N4O2. The zero-order valence-electron chi connectivity index (χ0n) is 15.7. The van der Waals surface area contributed by atoms with Crippen LogP contribution in [0.4, 0.5) is 0 Å². The van der Waals surface area contributed by atoms with Gasteiger partial charge in [-0.2, -0.15) is 5.10 Å². The van der Waals surface area contributed by atoms with Crippen LogP contribution in [0.2, 0.25) is 0 Å². The van der Waals surface area contributed by atoms with E-state index in [-0.39, 0.29) is 11.9 Å². The van der Waals surface area contributed by atoms with Crippen LogP contribution in [0.3, 0.4) is 0 Å². The second kappa shape index (κ2) is 8.08. The number of carbonyl (C=O) groups excluding carboxylic acids is 1. The maximum Gasteiger partial charge on any atom is 0.253 e. The normalized spacial score (nSPS) is 12.2. The lowest BCUT2D eigenvalue weighted by atomic mass is 10.1. The number of carbonyl (C=O) groups is 1. The van der Waals surface area contributed by atoms with Crippen molar-refractivity contribution in [3.63, 3.8) is 0 Å². The number of pyridine rings is 1. The van der Waals surface area contributed by atoms with Crippen LogP contribution in [0, 0.1) is 0 Å². The largest absolute Gasteiger partial charge is 0.469 e. The van der Waals surface area contributed by atoms with Crippen molar-refractivity contribution in [2.45, 2.75) is 32.4 Å². The first-order valence-electron chi connectivity index (χ1n) is 9.38. The molecule has 0 aliphatic heterocycles. The maximum atomic E-state index is 12.6. The van der Waals surface area contributed by atoms with Gasteiger partial charge < -0.3 is 9.73 Å². The Bertz CT molecular complexity index is 1050. The van der Waals surface area contributed by atoms with Crippen molar-refractivity contribution in [1.82, 2.24) is 20.1 Å². The van der Waals surface area contributed by atoms with E-state index >= 15 is 0 Å². The molecule has 0 fully saturated rings. The lowest BCUT2D eigenvalue weighted by Gasteiger charge is -2.13. The van der Waals surface area contributed by atoms with E-state index in [1.807, 2.05) is 48.0 Å². The van der Waals surface area contributed by atoms with E-state index in [9.17, 15) is 4.79 Å². The fraction of sp³-hybridized carbons (Fsp3) is 0.227. The molecule has 4 rings (SSSR count). The average Bonchev–Trinajstić information content (AvgIpc) is 3.37. The molecule has 142 valence electrons. The molecule has 0 saturated carbocycles. The molecule has 6 heteroatoms. The molecule has 0 saturated heterocycles. The summed E-state index contributed by atoms with van der Waals surface area (Å²) in [4.78, 5) is 17.0. The zero-order valence-corrected chi connectivity index (χ0v) is 15.7. The van der Waals surface area contributed by atoms with Crippen LogP contribution >= 0.6 is 0 Å². The highest BCUT2D eigenvalue weighted by molar-refractivity contribution is 5.96. The Hall–Kier alpha value is -3.41. The summed E-state index contributed by atoms with van der Waals surface area (Å²) in [5.74, 6) is 0.798. The van der Waals surface area contributed by atoms with E-state index in [1.165, 1.54) is 0 Å². The Morgan fingerprint density at radius 1 is 1.18 bits per heavy atom. The predicted molar refractivity (Wildman–Crippen MR) is 107 cm³/mol. The predicted octanol–water partition coefficient (Wildman–Crippen LogP) is 3.82. The number of nitrogens with zero attached hydrogens (tertiary/aromatic N) is 3. The second-order valence-corrected chi connectivity index (χ2v) is 6.92. The van der Waals surface area contributed by atoms with Gasteiger partial charge in [0, 0.05) is 24.0 Å². The molecule has 28 heavy (non-hydrogen) atoms.